The molecule has 0 saturated heterocycles. The summed E-state index contributed by atoms with van der Waals surface area (Å²) in [6.07, 6.45) is 4.24. The molecule has 1 spiro atoms. The third kappa shape index (κ3) is 1.05. The monoisotopic (exact) mass is 206 g/mol. The van der Waals surface area contributed by atoms with Gasteiger partial charge < -0.3 is 0 Å². The van der Waals surface area contributed by atoms with Crippen LogP contribution in [0.4, 0.5) is 0 Å². The van der Waals surface area contributed by atoms with E-state index >= 15 is 0 Å². The zero-order valence-electron chi connectivity index (χ0n) is 7.85. The topological polar surface area (TPSA) is 17.1 Å². The number of ketones is 1. The molecule has 0 aromatic heterocycles. The van der Waals surface area contributed by atoms with E-state index in [4.69, 9.17) is 11.6 Å². The molecule has 2 heteroatoms. The van der Waals surface area contributed by atoms with Crippen LogP contribution in [0.2, 0.25) is 5.02 Å². The Morgan fingerprint density at radius 3 is 2.71 bits per heavy atom. The van der Waals surface area contributed by atoms with Gasteiger partial charge in [0.2, 0.25) is 0 Å². The molecule has 1 aromatic rings. The zero-order valence-corrected chi connectivity index (χ0v) is 8.60. The summed E-state index contributed by atoms with van der Waals surface area (Å²) in [5.74, 6) is 0.334. The fourth-order valence-corrected chi connectivity index (χ4v) is 2.55. The molecule has 1 nitrogen and oxygen atoms in total. The zero-order chi connectivity index (χ0) is 9.76. The SMILES string of the molecule is O=C1c2cc(Cl)ccc2CCC12CC2. The molecule has 0 amide bonds. The Labute approximate surface area is 88.1 Å². The molecule has 72 valence electrons. The van der Waals surface area contributed by atoms with Crippen LogP contribution in [-0.4, -0.2) is 5.78 Å². The van der Waals surface area contributed by atoms with Crippen molar-refractivity contribution in [3.63, 3.8) is 0 Å². The lowest BCUT2D eigenvalue weighted by Crippen LogP contribution is -2.23. The number of halogens is 1. The lowest BCUT2D eigenvalue weighted by Gasteiger charge is -2.22. The third-order valence-electron chi connectivity index (χ3n) is 3.52. The van der Waals surface area contributed by atoms with E-state index in [9.17, 15) is 4.79 Å². The molecule has 0 unspecified atom stereocenters. The molecule has 0 N–H and O–H groups in total. The number of hydrogen-bond acceptors (Lipinski definition) is 1. The lowest BCUT2D eigenvalue weighted by atomic mass is 9.80. The van der Waals surface area contributed by atoms with Crippen molar-refractivity contribution in [1.82, 2.24) is 0 Å². The van der Waals surface area contributed by atoms with Gasteiger partial charge in [-0.05, 0) is 43.4 Å². The highest BCUT2D eigenvalue weighted by Gasteiger charge is 2.51. The first kappa shape index (κ1) is 8.49. The summed E-state index contributed by atoms with van der Waals surface area (Å²) in [4.78, 5) is 12.1. The summed E-state index contributed by atoms with van der Waals surface area (Å²) in [7, 11) is 0. The second-order valence-electron chi connectivity index (χ2n) is 4.41. The maximum atomic E-state index is 12.1. The second-order valence-corrected chi connectivity index (χ2v) is 4.85. The van der Waals surface area contributed by atoms with Crippen LogP contribution >= 0.6 is 11.6 Å². The highest BCUT2D eigenvalue weighted by molar-refractivity contribution is 6.31. The number of Topliss-reactive ketones (excluding diaryl/α,β-unsaturated/α-hetero) is 1. The maximum absolute atomic E-state index is 12.1. The number of fused-ring (bicyclic) bond motifs is 1. The van der Waals surface area contributed by atoms with Crippen molar-refractivity contribution in [2.75, 3.05) is 0 Å². The molecule has 0 radical (unpaired) electrons. The predicted octanol–water partition coefficient (Wildman–Crippen LogP) is 3.25. The number of carbonyl (C=O) groups excluding carboxylic acids is 1. The predicted molar refractivity (Wildman–Crippen MR) is 55.8 cm³/mol. The van der Waals surface area contributed by atoms with Crippen molar-refractivity contribution in [1.29, 1.82) is 0 Å². The fraction of sp³-hybridized carbons (Fsp3) is 0.417. The molecule has 0 atom stereocenters. The van der Waals surface area contributed by atoms with Crippen LogP contribution in [0.25, 0.3) is 0 Å². The largest absolute Gasteiger partial charge is 0.294 e. The van der Waals surface area contributed by atoms with Gasteiger partial charge in [0, 0.05) is 16.0 Å². The molecular weight excluding hydrogens is 196 g/mol. The smallest absolute Gasteiger partial charge is 0.169 e. The van der Waals surface area contributed by atoms with Gasteiger partial charge >= 0.3 is 0 Å². The maximum Gasteiger partial charge on any atom is 0.169 e. The number of hydrogen-bond donors (Lipinski definition) is 0. The number of rotatable bonds is 0. The van der Waals surface area contributed by atoms with Gasteiger partial charge in [0.05, 0.1) is 0 Å². The molecular formula is C12H11ClO. The number of carbonyl (C=O) groups is 1. The Morgan fingerprint density at radius 2 is 2.00 bits per heavy atom. The standard InChI is InChI=1S/C12H11ClO/c13-9-2-1-8-3-4-12(5-6-12)11(14)10(8)7-9/h1-2,7H,3-6H2. The van der Waals surface area contributed by atoms with Gasteiger partial charge in [-0.2, -0.15) is 0 Å². The average Bonchev–Trinajstić information content (AvgIpc) is 2.94. The van der Waals surface area contributed by atoms with Crippen LogP contribution in [0.5, 0.6) is 0 Å². The summed E-state index contributed by atoms with van der Waals surface area (Å²) in [6, 6.07) is 5.70. The molecule has 0 heterocycles. The molecule has 1 aromatic carbocycles. The van der Waals surface area contributed by atoms with E-state index in [1.807, 2.05) is 18.2 Å². The van der Waals surface area contributed by atoms with Crippen LogP contribution in [0.15, 0.2) is 18.2 Å². The van der Waals surface area contributed by atoms with E-state index in [-0.39, 0.29) is 5.41 Å². The minimum atomic E-state index is 0.0255. The first-order valence-electron chi connectivity index (χ1n) is 5.05. The van der Waals surface area contributed by atoms with Gasteiger partial charge in [-0.1, -0.05) is 17.7 Å². The molecule has 2 aliphatic rings. The summed E-state index contributed by atoms with van der Waals surface area (Å²) in [6.45, 7) is 0. The average molecular weight is 207 g/mol. The van der Waals surface area contributed by atoms with Gasteiger partial charge in [-0.3, -0.25) is 4.79 Å². The fourth-order valence-electron chi connectivity index (χ4n) is 2.38. The molecule has 3 rings (SSSR count). The van der Waals surface area contributed by atoms with Crippen LogP contribution < -0.4 is 0 Å². The van der Waals surface area contributed by atoms with E-state index in [0.717, 1.165) is 31.2 Å². The first-order chi connectivity index (χ1) is 6.71. The number of benzene rings is 1. The normalized spacial score (nSPS) is 22.2. The summed E-state index contributed by atoms with van der Waals surface area (Å²) in [5, 5.41) is 0.676. The summed E-state index contributed by atoms with van der Waals surface area (Å²) >= 11 is 5.90. The Morgan fingerprint density at radius 1 is 1.21 bits per heavy atom. The van der Waals surface area contributed by atoms with E-state index in [0.29, 0.717) is 10.8 Å². The van der Waals surface area contributed by atoms with Gasteiger partial charge in [-0.25, -0.2) is 0 Å². The highest BCUT2D eigenvalue weighted by Crippen LogP contribution is 2.54. The Bertz CT molecular complexity index is 418. The van der Waals surface area contributed by atoms with Crippen molar-refractivity contribution in [2.24, 2.45) is 5.41 Å². The Balaban J connectivity index is 2.13. The Hall–Kier alpha value is -0.820. The molecule has 0 bridgehead atoms. The van der Waals surface area contributed by atoms with Crippen LogP contribution in [0.3, 0.4) is 0 Å². The van der Waals surface area contributed by atoms with Gasteiger partial charge in [0.15, 0.2) is 5.78 Å². The second kappa shape index (κ2) is 2.60. The van der Waals surface area contributed by atoms with E-state index in [1.54, 1.807) is 0 Å². The van der Waals surface area contributed by atoms with E-state index in [1.165, 1.54) is 5.56 Å². The third-order valence-corrected chi connectivity index (χ3v) is 3.76. The molecule has 14 heavy (non-hydrogen) atoms. The number of aryl methyl sites for hydroxylation is 1. The molecule has 1 saturated carbocycles. The lowest BCUT2D eigenvalue weighted by molar-refractivity contribution is 0.0880. The minimum absolute atomic E-state index is 0.0255. The van der Waals surface area contributed by atoms with Crippen molar-refractivity contribution in [2.45, 2.75) is 25.7 Å². The minimum Gasteiger partial charge on any atom is -0.294 e. The summed E-state index contributed by atoms with van der Waals surface area (Å²) < 4.78 is 0. The van der Waals surface area contributed by atoms with Crippen LogP contribution in [-0.2, 0) is 6.42 Å². The summed E-state index contributed by atoms with van der Waals surface area (Å²) in [5.41, 5.74) is 2.08. The van der Waals surface area contributed by atoms with E-state index < -0.39 is 0 Å². The highest BCUT2D eigenvalue weighted by atomic mass is 35.5. The van der Waals surface area contributed by atoms with Gasteiger partial charge in [0.25, 0.3) is 0 Å². The van der Waals surface area contributed by atoms with Crippen LogP contribution in [0, 0.1) is 5.41 Å². The van der Waals surface area contributed by atoms with Crippen molar-refractivity contribution in [3.05, 3.63) is 34.3 Å². The molecule has 0 aliphatic heterocycles. The molecule has 1 fully saturated rings. The quantitative estimate of drug-likeness (QED) is 0.637. The van der Waals surface area contributed by atoms with E-state index in [2.05, 4.69) is 0 Å². The van der Waals surface area contributed by atoms with Gasteiger partial charge in [-0.15, -0.1) is 0 Å². The van der Waals surface area contributed by atoms with Gasteiger partial charge in [0.1, 0.15) is 0 Å². The first-order valence-corrected chi connectivity index (χ1v) is 5.42. The van der Waals surface area contributed by atoms with Crippen molar-refractivity contribution < 1.29 is 4.79 Å². The molecule has 2 aliphatic carbocycles. The van der Waals surface area contributed by atoms with Crippen molar-refractivity contribution in [3.8, 4) is 0 Å². The van der Waals surface area contributed by atoms with Crippen LogP contribution in [0.1, 0.15) is 35.2 Å². The Kier molecular flexibility index (Phi) is 1.58. The van der Waals surface area contributed by atoms with Crippen molar-refractivity contribution >= 4 is 17.4 Å².